The van der Waals surface area contributed by atoms with Gasteiger partial charge in [-0.2, -0.15) is 4.68 Å². The van der Waals surface area contributed by atoms with E-state index in [0.29, 0.717) is 48.3 Å². The zero-order chi connectivity index (χ0) is 23.6. The first-order chi connectivity index (χ1) is 16.0. The number of carbonyl (C=O) groups excluding carboxylic acids is 1. The van der Waals surface area contributed by atoms with Crippen LogP contribution in [-0.4, -0.2) is 41.7 Å². The number of benzene rings is 2. The minimum atomic E-state index is 0.140. The Morgan fingerprint density at radius 3 is 2.55 bits per heavy atom. The van der Waals surface area contributed by atoms with Gasteiger partial charge in [0.2, 0.25) is 6.41 Å². The van der Waals surface area contributed by atoms with E-state index in [0.717, 1.165) is 24.0 Å². The van der Waals surface area contributed by atoms with Crippen molar-refractivity contribution in [3.63, 3.8) is 0 Å². The van der Waals surface area contributed by atoms with Crippen molar-refractivity contribution in [3.8, 4) is 0 Å². The number of nitrogens with one attached hydrogen (secondary N) is 3. The molecule has 0 atom stereocenters. The van der Waals surface area contributed by atoms with Gasteiger partial charge in [0.25, 0.3) is 0 Å². The molecule has 7 nitrogen and oxygen atoms in total. The fraction of sp³-hybridized carbons (Fsp3) is 0.250. The fourth-order valence-electron chi connectivity index (χ4n) is 3.42. The predicted molar refractivity (Wildman–Crippen MR) is 132 cm³/mol. The molecular weight excluding hydrogens is 459 g/mol. The molecule has 1 aromatic heterocycles. The highest BCUT2D eigenvalue weighted by atomic mass is 35.5. The number of hydrogen-bond acceptors (Lipinski definition) is 5. The lowest BCUT2D eigenvalue weighted by Crippen LogP contribution is -2.36. The third-order valence-corrected chi connectivity index (χ3v) is 5.84. The van der Waals surface area contributed by atoms with E-state index < -0.39 is 0 Å². The smallest absolute Gasteiger partial charge is 0.207 e. The topological polar surface area (TPSA) is 97.9 Å². The molecule has 0 spiro atoms. The lowest BCUT2D eigenvalue weighted by molar-refractivity contribution is -0.109. The van der Waals surface area contributed by atoms with Gasteiger partial charge in [0.15, 0.2) is 0 Å². The summed E-state index contributed by atoms with van der Waals surface area (Å²) < 4.78 is 1.35. The van der Waals surface area contributed by atoms with Crippen LogP contribution < -0.4 is 15.7 Å². The molecule has 33 heavy (non-hydrogen) atoms. The van der Waals surface area contributed by atoms with Gasteiger partial charge in [-0.1, -0.05) is 59.6 Å². The molecule has 1 amide bonds. The van der Waals surface area contributed by atoms with Crippen molar-refractivity contribution in [1.82, 2.24) is 15.1 Å². The van der Waals surface area contributed by atoms with Crippen molar-refractivity contribution in [3.05, 3.63) is 87.3 Å². The van der Waals surface area contributed by atoms with E-state index in [1.807, 2.05) is 47.4 Å². The largest absolute Gasteiger partial charge is 0.357 e. The lowest BCUT2D eigenvalue weighted by Gasteiger charge is -2.24. The molecule has 0 saturated carbocycles. The van der Waals surface area contributed by atoms with Crippen LogP contribution in [-0.2, 0) is 17.6 Å². The highest BCUT2D eigenvalue weighted by Crippen LogP contribution is 2.23. The monoisotopic (exact) mass is 484 g/mol. The Morgan fingerprint density at radius 2 is 1.82 bits per heavy atom. The van der Waals surface area contributed by atoms with E-state index >= 15 is 0 Å². The summed E-state index contributed by atoms with van der Waals surface area (Å²) in [5.41, 5.74) is 2.21. The van der Waals surface area contributed by atoms with E-state index in [1.165, 1.54) is 4.68 Å². The van der Waals surface area contributed by atoms with Crippen LogP contribution in [0.1, 0.15) is 17.5 Å². The lowest BCUT2D eigenvalue weighted by atomic mass is 10.1. The Hall–Kier alpha value is -3.16. The molecule has 0 unspecified atom stereocenters. The number of hydrogen-bond donors (Lipinski definition) is 3. The average Bonchev–Trinajstić information content (AvgIpc) is 2.81. The number of anilines is 1. The molecule has 1 heterocycles. The first-order valence-electron chi connectivity index (χ1n) is 10.6. The van der Waals surface area contributed by atoms with Crippen LogP contribution in [0.5, 0.6) is 0 Å². The molecule has 0 aliphatic carbocycles. The summed E-state index contributed by atoms with van der Waals surface area (Å²) in [5, 5.41) is 25.0. The first kappa shape index (κ1) is 24.5. The van der Waals surface area contributed by atoms with Crippen LogP contribution in [0.15, 0.2) is 60.7 Å². The quantitative estimate of drug-likeness (QED) is 0.166. The van der Waals surface area contributed by atoms with Crippen molar-refractivity contribution >= 4 is 41.3 Å². The Balaban J connectivity index is 1.74. The standard InChI is InChI=1S/C24H26Cl2N6O/c25-20-9-8-19(15-21(20)26)7-4-13-31(14-12-29-17-33)24-11-10-22(27)32(30-24)23(28)16-18-5-2-1-3-6-18/h1-3,5-6,8-11,15,17,27-28H,4,7,12-14,16H2,(H,29,33). The fourth-order valence-corrected chi connectivity index (χ4v) is 3.74. The molecule has 2 aromatic carbocycles. The molecule has 0 bridgehead atoms. The molecule has 0 aliphatic rings. The Bertz CT molecular complexity index is 1150. The number of halogens is 2. The Morgan fingerprint density at radius 1 is 1.03 bits per heavy atom. The number of amides is 1. The number of aromatic nitrogens is 2. The van der Waals surface area contributed by atoms with Crippen LogP contribution in [0.3, 0.4) is 0 Å². The van der Waals surface area contributed by atoms with Crippen LogP contribution in [0.4, 0.5) is 5.82 Å². The number of nitrogens with zero attached hydrogens (tertiary/aromatic N) is 3. The van der Waals surface area contributed by atoms with E-state index in [-0.39, 0.29) is 11.3 Å². The second kappa shape index (κ2) is 12.2. The van der Waals surface area contributed by atoms with Crippen LogP contribution in [0.2, 0.25) is 10.0 Å². The summed E-state index contributed by atoms with van der Waals surface area (Å²) in [4.78, 5) is 12.8. The molecule has 3 N–H and O–H groups in total. The van der Waals surface area contributed by atoms with Gasteiger partial charge in [0, 0.05) is 26.1 Å². The summed E-state index contributed by atoms with van der Waals surface area (Å²) >= 11 is 12.1. The van der Waals surface area contributed by atoms with Crippen LogP contribution in [0.25, 0.3) is 0 Å². The predicted octanol–water partition coefficient (Wildman–Crippen LogP) is 3.92. The normalized spacial score (nSPS) is 10.6. The summed E-state index contributed by atoms with van der Waals surface area (Å²) in [6.45, 7) is 1.69. The second-order valence-corrected chi connectivity index (χ2v) is 8.32. The van der Waals surface area contributed by atoms with E-state index in [9.17, 15) is 4.79 Å². The SMILES string of the molecule is N=C(Cc1ccccc1)n1nc(N(CCCc2ccc(Cl)c(Cl)c2)CCNC=O)ccc1=N. The molecule has 0 aliphatic heterocycles. The maximum atomic E-state index is 10.7. The minimum Gasteiger partial charge on any atom is -0.357 e. The minimum absolute atomic E-state index is 0.140. The molecule has 3 aromatic rings. The third kappa shape index (κ3) is 7.17. The van der Waals surface area contributed by atoms with Crippen LogP contribution in [0, 0.1) is 10.8 Å². The van der Waals surface area contributed by atoms with Crippen molar-refractivity contribution in [2.24, 2.45) is 0 Å². The molecule has 9 heteroatoms. The van der Waals surface area contributed by atoms with E-state index in [1.54, 1.807) is 18.2 Å². The zero-order valence-electron chi connectivity index (χ0n) is 18.1. The zero-order valence-corrected chi connectivity index (χ0v) is 19.6. The van der Waals surface area contributed by atoms with Crippen LogP contribution >= 0.6 is 23.2 Å². The maximum absolute atomic E-state index is 10.7. The van der Waals surface area contributed by atoms with Crippen molar-refractivity contribution in [1.29, 1.82) is 10.8 Å². The van der Waals surface area contributed by atoms with Gasteiger partial charge in [0.1, 0.15) is 17.1 Å². The number of rotatable bonds is 11. The number of carbonyl (C=O) groups is 1. The number of aryl methyl sites for hydroxylation is 1. The van der Waals surface area contributed by atoms with Crippen molar-refractivity contribution in [2.45, 2.75) is 19.3 Å². The third-order valence-electron chi connectivity index (χ3n) is 5.10. The van der Waals surface area contributed by atoms with Gasteiger partial charge in [-0.3, -0.25) is 15.6 Å². The van der Waals surface area contributed by atoms with Gasteiger partial charge in [-0.05, 0) is 48.2 Å². The van der Waals surface area contributed by atoms with Crippen molar-refractivity contribution < 1.29 is 4.79 Å². The van der Waals surface area contributed by atoms with Gasteiger partial charge in [0.05, 0.1) is 10.0 Å². The van der Waals surface area contributed by atoms with Crippen molar-refractivity contribution in [2.75, 3.05) is 24.5 Å². The average molecular weight is 485 g/mol. The van der Waals surface area contributed by atoms with Gasteiger partial charge in [-0.15, -0.1) is 5.10 Å². The summed E-state index contributed by atoms with van der Waals surface area (Å²) in [6.07, 6.45) is 2.67. The molecule has 3 rings (SSSR count). The maximum Gasteiger partial charge on any atom is 0.207 e. The highest BCUT2D eigenvalue weighted by molar-refractivity contribution is 6.42. The highest BCUT2D eigenvalue weighted by Gasteiger charge is 2.12. The first-order valence-corrected chi connectivity index (χ1v) is 11.4. The molecule has 172 valence electrons. The van der Waals surface area contributed by atoms with Gasteiger partial charge in [-0.25, -0.2) is 0 Å². The molecule has 0 radical (unpaired) electrons. The molecular formula is C24H26Cl2N6O. The summed E-state index contributed by atoms with van der Waals surface area (Å²) in [7, 11) is 0. The summed E-state index contributed by atoms with van der Waals surface area (Å²) in [6, 6.07) is 18.7. The Labute approximate surface area is 203 Å². The second-order valence-electron chi connectivity index (χ2n) is 7.51. The van der Waals surface area contributed by atoms with Gasteiger partial charge < -0.3 is 10.2 Å². The summed E-state index contributed by atoms with van der Waals surface area (Å²) in [5.74, 6) is 0.862. The Kier molecular flexibility index (Phi) is 9.04. The van der Waals surface area contributed by atoms with E-state index in [4.69, 9.17) is 34.0 Å². The van der Waals surface area contributed by atoms with Gasteiger partial charge >= 0.3 is 0 Å². The van der Waals surface area contributed by atoms with E-state index in [2.05, 4.69) is 10.4 Å². The molecule has 0 fully saturated rings. The molecule has 0 saturated heterocycles.